The van der Waals surface area contributed by atoms with Crippen LogP contribution in [0.25, 0.3) is 10.9 Å². The third-order valence-electron chi connectivity index (χ3n) is 5.78. The van der Waals surface area contributed by atoms with Gasteiger partial charge < -0.3 is 10.3 Å². The van der Waals surface area contributed by atoms with E-state index in [1.165, 1.54) is 29.7 Å². The van der Waals surface area contributed by atoms with Crippen LogP contribution >= 0.6 is 0 Å². The maximum atomic E-state index is 13.2. The molecular formula is C25H31N3O4S. The lowest BCUT2D eigenvalue weighted by molar-refractivity contribution is 0.0951. The average Bonchev–Trinajstić information content (AvgIpc) is 2.83. The fourth-order valence-electron chi connectivity index (χ4n) is 3.61. The summed E-state index contributed by atoms with van der Waals surface area (Å²) in [7, 11) is -2.42. The second kappa shape index (κ2) is 10.7. The number of nitrogens with one attached hydrogen (secondary N) is 2. The van der Waals surface area contributed by atoms with Crippen molar-refractivity contribution in [1.29, 1.82) is 0 Å². The molecule has 3 rings (SSSR count). The summed E-state index contributed by atoms with van der Waals surface area (Å²) in [4.78, 5) is 28.4. The number of sulfonamides is 1. The number of unbranched alkanes of at least 4 members (excludes halogenated alkanes) is 3. The van der Waals surface area contributed by atoms with E-state index < -0.39 is 21.4 Å². The minimum absolute atomic E-state index is 0.0142. The lowest BCUT2D eigenvalue weighted by Gasteiger charge is -2.20. The number of rotatable bonds is 10. The Bertz CT molecular complexity index is 1280. The first kappa shape index (κ1) is 24.5. The van der Waals surface area contributed by atoms with Gasteiger partial charge in [-0.15, -0.1) is 0 Å². The van der Waals surface area contributed by atoms with Crippen LogP contribution in [0.3, 0.4) is 0 Å². The van der Waals surface area contributed by atoms with Crippen molar-refractivity contribution >= 4 is 32.5 Å². The number of fused-ring (bicyclic) bond motifs is 1. The minimum atomic E-state index is -3.90. The number of benzene rings is 2. The van der Waals surface area contributed by atoms with E-state index in [1.54, 1.807) is 18.2 Å². The molecule has 0 aliphatic rings. The zero-order valence-electron chi connectivity index (χ0n) is 19.3. The monoisotopic (exact) mass is 469 g/mol. The molecule has 0 aliphatic carbocycles. The van der Waals surface area contributed by atoms with E-state index in [1.807, 2.05) is 19.1 Å². The van der Waals surface area contributed by atoms with Crippen molar-refractivity contribution in [2.24, 2.45) is 0 Å². The van der Waals surface area contributed by atoms with Gasteiger partial charge in [0, 0.05) is 30.7 Å². The average molecular weight is 470 g/mol. The van der Waals surface area contributed by atoms with Gasteiger partial charge in [-0.25, -0.2) is 8.42 Å². The Labute approximate surface area is 194 Å². The molecule has 0 saturated heterocycles. The molecule has 0 unspecified atom stereocenters. The molecule has 0 atom stereocenters. The summed E-state index contributed by atoms with van der Waals surface area (Å²) in [6.45, 7) is 4.64. The second-order valence-electron chi connectivity index (χ2n) is 8.05. The highest BCUT2D eigenvalue weighted by Crippen LogP contribution is 2.24. The fraction of sp³-hybridized carbons (Fsp3) is 0.360. The molecule has 1 aromatic heterocycles. The molecule has 0 fully saturated rings. The third-order valence-corrected chi connectivity index (χ3v) is 7.56. The number of amides is 1. The number of anilines is 1. The normalized spacial score (nSPS) is 11.5. The summed E-state index contributed by atoms with van der Waals surface area (Å²) in [5, 5.41) is 2.93. The number of hydrogen-bond acceptors (Lipinski definition) is 4. The van der Waals surface area contributed by atoms with Gasteiger partial charge >= 0.3 is 0 Å². The van der Waals surface area contributed by atoms with Gasteiger partial charge in [-0.05, 0) is 48.7 Å². The molecule has 2 aromatic carbocycles. The molecule has 33 heavy (non-hydrogen) atoms. The molecular weight excluding hydrogens is 438 g/mol. The van der Waals surface area contributed by atoms with Crippen LogP contribution < -0.4 is 15.1 Å². The van der Waals surface area contributed by atoms with Gasteiger partial charge in [0.25, 0.3) is 15.9 Å². The molecule has 0 bridgehead atoms. The van der Waals surface area contributed by atoms with Gasteiger partial charge in [-0.1, -0.05) is 45.2 Å². The smallest absolute Gasteiger partial charge is 0.264 e. The largest absolute Gasteiger partial charge is 0.360 e. The van der Waals surface area contributed by atoms with Crippen LogP contribution in [0.5, 0.6) is 0 Å². The number of aromatic amines is 1. The Morgan fingerprint density at radius 3 is 2.42 bits per heavy atom. The maximum Gasteiger partial charge on any atom is 0.264 e. The zero-order valence-corrected chi connectivity index (χ0v) is 20.2. The van der Waals surface area contributed by atoms with Crippen molar-refractivity contribution in [3.8, 4) is 0 Å². The first-order valence-corrected chi connectivity index (χ1v) is 12.7. The van der Waals surface area contributed by atoms with Crippen LogP contribution in [0.1, 0.15) is 55.5 Å². The molecule has 0 radical (unpaired) electrons. The molecule has 0 spiro atoms. The maximum absolute atomic E-state index is 13.2. The van der Waals surface area contributed by atoms with Gasteiger partial charge in [0.2, 0.25) is 5.43 Å². The number of carbonyl (C=O) groups is 1. The van der Waals surface area contributed by atoms with Crippen LogP contribution in [-0.2, 0) is 16.4 Å². The Morgan fingerprint density at radius 2 is 1.76 bits per heavy atom. The molecule has 2 N–H and O–H groups in total. The number of aryl methyl sites for hydroxylation is 1. The fourth-order valence-corrected chi connectivity index (χ4v) is 4.84. The first-order valence-electron chi connectivity index (χ1n) is 11.3. The number of carbonyl (C=O) groups excluding carboxylic acids is 1. The van der Waals surface area contributed by atoms with Crippen LogP contribution in [0.4, 0.5) is 5.69 Å². The van der Waals surface area contributed by atoms with Gasteiger partial charge in [-0.3, -0.25) is 13.9 Å². The molecule has 0 saturated carbocycles. The van der Waals surface area contributed by atoms with E-state index in [2.05, 4.69) is 17.2 Å². The highest BCUT2D eigenvalue weighted by molar-refractivity contribution is 7.92. The predicted octanol–water partition coefficient (Wildman–Crippen LogP) is 4.23. The van der Waals surface area contributed by atoms with Crippen LogP contribution in [-0.4, -0.2) is 32.9 Å². The van der Waals surface area contributed by atoms with E-state index in [9.17, 15) is 18.0 Å². The second-order valence-corrected chi connectivity index (χ2v) is 10.0. The molecule has 1 heterocycles. The van der Waals surface area contributed by atoms with Crippen molar-refractivity contribution < 1.29 is 13.2 Å². The van der Waals surface area contributed by atoms with Gasteiger partial charge in [0.05, 0.1) is 10.6 Å². The summed E-state index contributed by atoms with van der Waals surface area (Å²) in [5.41, 5.74) is 1.57. The summed E-state index contributed by atoms with van der Waals surface area (Å²) in [6, 6.07) is 11.6. The third kappa shape index (κ3) is 5.45. The Morgan fingerprint density at radius 1 is 1.03 bits per heavy atom. The van der Waals surface area contributed by atoms with E-state index in [0.29, 0.717) is 17.7 Å². The SMILES string of the molecule is CCCCCCNC(=O)c1c[nH]c2ccc(S(=O)(=O)N(C)c3ccc(CC)cc3)cc2c1=O. The summed E-state index contributed by atoms with van der Waals surface area (Å²) < 4.78 is 27.6. The number of H-pyrrole nitrogens is 1. The predicted molar refractivity (Wildman–Crippen MR) is 132 cm³/mol. The lowest BCUT2D eigenvalue weighted by Crippen LogP contribution is -2.30. The van der Waals surface area contributed by atoms with Crippen LogP contribution in [0.15, 0.2) is 58.4 Å². The van der Waals surface area contributed by atoms with Crippen molar-refractivity contribution in [3.05, 3.63) is 70.0 Å². The van der Waals surface area contributed by atoms with Gasteiger partial charge in [-0.2, -0.15) is 0 Å². The van der Waals surface area contributed by atoms with E-state index >= 15 is 0 Å². The summed E-state index contributed by atoms with van der Waals surface area (Å²) in [6.07, 6.45) is 6.30. The topological polar surface area (TPSA) is 99.3 Å². The molecule has 176 valence electrons. The standard InChI is InChI=1S/C25H31N3O4S/c1-4-6-7-8-15-26-25(30)22-17-27-23-14-13-20(16-21(23)24(22)29)33(31,32)28(3)19-11-9-18(5-2)10-12-19/h9-14,16-17H,4-8,15H2,1-3H3,(H,26,30)(H,27,29). The minimum Gasteiger partial charge on any atom is -0.360 e. The number of pyridine rings is 1. The molecule has 0 aliphatic heterocycles. The van der Waals surface area contributed by atoms with Crippen molar-refractivity contribution in [3.63, 3.8) is 0 Å². The highest BCUT2D eigenvalue weighted by atomic mass is 32.2. The Kier molecular flexibility index (Phi) is 7.92. The van der Waals surface area contributed by atoms with Crippen LogP contribution in [0.2, 0.25) is 0 Å². The van der Waals surface area contributed by atoms with E-state index in [0.717, 1.165) is 37.7 Å². The van der Waals surface area contributed by atoms with Crippen molar-refractivity contribution in [2.75, 3.05) is 17.9 Å². The van der Waals surface area contributed by atoms with Gasteiger partial charge in [0.1, 0.15) is 5.56 Å². The van der Waals surface area contributed by atoms with Crippen molar-refractivity contribution in [2.45, 2.75) is 50.8 Å². The van der Waals surface area contributed by atoms with E-state index in [4.69, 9.17) is 0 Å². The Balaban J connectivity index is 1.89. The van der Waals surface area contributed by atoms with E-state index in [-0.39, 0.29) is 15.8 Å². The van der Waals surface area contributed by atoms with Gasteiger partial charge in [0.15, 0.2) is 0 Å². The molecule has 1 amide bonds. The molecule has 3 aromatic rings. The van der Waals surface area contributed by atoms with Crippen molar-refractivity contribution in [1.82, 2.24) is 10.3 Å². The zero-order chi connectivity index (χ0) is 24.0. The number of hydrogen-bond donors (Lipinski definition) is 2. The molecule has 7 nitrogen and oxygen atoms in total. The summed E-state index contributed by atoms with van der Waals surface area (Å²) >= 11 is 0. The summed E-state index contributed by atoms with van der Waals surface area (Å²) in [5.74, 6) is -0.462. The number of nitrogens with zero attached hydrogens (tertiary/aromatic N) is 1. The highest BCUT2D eigenvalue weighted by Gasteiger charge is 2.23. The van der Waals surface area contributed by atoms with Crippen LogP contribution in [0, 0.1) is 0 Å². The Hall–Kier alpha value is -3.13. The number of aromatic nitrogens is 1. The first-order chi connectivity index (χ1) is 15.8. The molecule has 8 heteroatoms. The quantitative estimate of drug-likeness (QED) is 0.434. The lowest BCUT2D eigenvalue weighted by atomic mass is 10.1.